The van der Waals surface area contributed by atoms with Crippen LogP contribution >= 0.6 is 35.6 Å². The predicted molar refractivity (Wildman–Crippen MR) is 126 cm³/mol. The predicted octanol–water partition coefficient (Wildman–Crippen LogP) is 2.65. The summed E-state index contributed by atoms with van der Waals surface area (Å²) in [4.78, 5) is 6.67. The number of fused-ring (bicyclic) bond motifs is 1. The van der Waals surface area contributed by atoms with E-state index in [4.69, 9.17) is 25.8 Å². The van der Waals surface area contributed by atoms with E-state index >= 15 is 0 Å². The maximum absolute atomic E-state index is 6.34. The number of nitrogens with zero attached hydrogens (tertiary/aromatic N) is 4. The van der Waals surface area contributed by atoms with Crippen LogP contribution in [0.1, 0.15) is 17.2 Å². The molecule has 2 aliphatic rings. The second-order valence-electron chi connectivity index (χ2n) is 7.08. The number of morpholine rings is 1. The van der Waals surface area contributed by atoms with Crippen molar-refractivity contribution >= 4 is 41.5 Å². The summed E-state index contributed by atoms with van der Waals surface area (Å²) in [6.07, 6.45) is 4.64. The van der Waals surface area contributed by atoms with E-state index in [1.807, 2.05) is 31.6 Å². The number of hydrogen-bond acceptors (Lipinski definition) is 5. The van der Waals surface area contributed by atoms with E-state index in [-0.39, 0.29) is 30.1 Å². The maximum atomic E-state index is 6.34. The first-order chi connectivity index (χ1) is 14.1. The number of rotatable bonds is 4. The zero-order valence-corrected chi connectivity index (χ0v) is 20.2. The van der Waals surface area contributed by atoms with Crippen LogP contribution in [-0.2, 0) is 18.2 Å². The SMILES string of the molecule is CN=C(NCCc1cc(Cl)c2c(c1)OCCO2)N1CCOC(c2cnn(C)c2)C1.I. The highest BCUT2D eigenvalue weighted by molar-refractivity contribution is 14.0. The molecule has 1 unspecified atom stereocenters. The zero-order chi connectivity index (χ0) is 20.2. The Kier molecular flexibility index (Phi) is 8.06. The van der Waals surface area contributed by atoms with Gasteiger partial charge >= 0.3 is 0 Å². The van der Waals surface area contributed by atoms with Crippen molar-refractivity contribution in [1.29, 1.82) is 0 Å². The second-order valence-corrected chi connectivity index (χ2v) is 7.49. The Morgan fingerprint density at radius 1 is 1.30 bits per heavy atom. The topological polar surface area (TPSA) is 73.1 Å². The van der Waals surface area contributed by atoms with Crippen LogP contribution in [0.15, 0.2) is 29.5 Å². The molecule has 164 valence electrons. The zero-order valence-electron chi connectivity index (χ0n) is 17.1. The summed E-state index contributed by atoms with van der Waals surface area (Å²) < 4.78 is 19.0. The van der Waals surface area contributed by atoms with Crippen LogP contribution in [0.4, 0.5) is 0 Å². The van der Waals surface area contributed by atoms with Gasteiger partial charge in [0.05, 0.1) is 24.4 Å². The lowest BCUT2D eigenvalue weighted by Gasteiger charge is -2.34. The summed E-state index contributed by atoms with van der Waals surface area (Å²) in [6.45, 7) is 4.00. The fourth-order valence-electron chi connectivity index (χ4n) is 3.61. The van der Waals surface area contributed by atoms with Crippen molar-refractivity contribution in [2.24, 2.45) is 12.0 Å². The average Bonchev–Trinajstić information content (AvgIpc) is 3.18. The molecular formula is C20H27ClIN5O3. The number of aliphatic imine (C=N–C) groups is 1. The maximum Gasteiger partial charge on any atom is 0.193 e. The number of aromatic nitrogens is 2. The van der Waals surface area contributed by atoms with E-state index in [1.165, 1.54) is 0 Å². The lowest BCUT2D eigenvalue weighted by molar-refractivity contribution is -0.00800. The number of nitrogens with one attached hydrogen (secondary N) is 1. The molecule has 0 radical (unpaired) electrons. The van der Waals surface area contributed by atoms with Gasteiger partial charge in [-0.2, -0.15) is 5.10 Å². The fraction of sp³-hybridized carbons (Fsp3) is 0.500. The molecule has 2 aliphatic heterocycles. The van der Waals surface area contributed by atoms with Crippen LogP contribution in [-0.4, -0.2) is 67.1 Å². The first kappa shape index (κ1) is 23.0. The van der Waals surface area contributed by atoms with Crippen LogP contribution in [0, 0.1) is 0 Å². The largest absolute Gasteiger partial charge is 0.486 e. The van der Waals surface area contributed by atoms with Gasteiger partial charge in [-0.25, -0.2) is 0 Å². The summed E-state index contributed by atoms with van der Waals surface area (Å²) in [5.74, 6) is 2.22. The minimum Gasteiger partial charge on any atom is -0.486 e. The second kappa shape index (κ2) is 10.5. The van der Waals surface area contributed by atoms with Crippen molar-refractivity contribution in [3.63, 3.8) is 0 Å². The van der Waals surface area contributed by atoms with Crippen molar-refractivity contribution in [1.82, 2.24) is 20.0 Å². The fourth-order valence-corrected chi connectivity index (χ4v) is 3.90. The Hall–Kier alpha value is -1.72. The molecule has 1 saturated heterocycles. The monoisotopic (exact) mass is 547 g/mol. The van der Waals surface area contributed by atoms with Gasteiger partial charge in [-0.1, -0.05) is 11.6 Å². The Labute approximate surface area is 198 Å². The number of hydrogen-bond donors (Lipinski definition) is 1. The van der Waals surface area contributed by atoms with Gasteiger partial charge in [-0.05, 0) is 24.1 Å². The highest BCUT2D eigenvalue weighted by atomic mass is 127. The molecule has 1 N–H and O–H groups in total. The summed E-state index contributed by atoms with van der Waals surface area (Å²) in [5, 5.41) is 8.29. The standard InChI is InChI=1S/C20H26ClN5O3.HI/c1-22-20(26-5-6-27-18(13-26)15-11-24-25(2)12-15)23-4-3-14-9-16(21)19-17(10-14)28-7-8-29-19;/h9-12,18H,3-8,13H2,1-2H3,(H,22,23);1H. The molecule has 1 aromatic heterocycles. The molecule has 3 heterocycles. The normalized spacial score (nSPS) is 18.7. The third kappa shape index (κ3) is 5.30. The van der Waals surface area contributed by atoms with Crippen LogP contribution < -0.4 is 14.8 Å². The lowest BCUT2D eigenvalue weighted by Crippen LogP contribution is -2.48. The van der Waals surface area contributed by atoms with E-state index in [1.54, 1.807) is 11.7 Å². The smallest absolute Gasteiger partial charge is 0.193 e. The van der Waals surface area contributed by atoms with E-state index in [9.17, 15) is 0 Å². The van der Waals surface area contributed by atoms with Gasteiger partial charge in [0.2, 0.25) is 0 Å². The molecule has 1 atom stereocenters. The summed E-state index contributed by atoms with van der Waals surface area (Å²) in [7, 11) is 3.71. The molecule has 0 bridgehead atoms. The number of aryl methyl sites for hydroxylation is 1. The van der Waals surface area contributed by atoms with Gasteiger partial charge in [0.25, 0.3) is 0 Å². The molecule has 0 aliphatic carbocycles. The minimum absolute atomic E-state index is 0. The molecule has 10 heteroatoms. The molecule has 30 heavy (non-hydrogen) atoms. The Morgan fingerprint density at radius 3 is 2.90 bits per heavy atom. The summed E-state index contributed by atoms with van der Waals surface area (Å²) in [5.41, 5.74) is 2.18. The van der Waals surface area contributed by atoms with Gasteiger partial charge in [-0.3, -0.25) is 9.67 Å². The lowest BCUT2D eigenvalue weighted by atomic mass is 10.1. The molecule has 0 saturated carbocycles. The van der Waals surface area contributed by atoms with Gasteiger partial charge in [0.15, 0.2) is 17.5 Å². The molecule has 0 amide bonds. The minimum atomic E-state index is -0.00685. The Morgan fingerprint density at radius 2 is 2.13 bits per heavy atom. The van der Waals surface area contributed by atoms with Crippen molar-refractivity contribution < 1.29 is 14.2 Å². The third-order valence-corrected chi connectivity index (χ3v) is 5.31. The van der Waals surface area contributed by atoms with E-state index in [2.05, 4.69) is 20.3 Å². The highest BCUT2D eigenvalue weighted by Gasteiger charge is 2.25. The Bertz CT molecular complexity index is 891. The van der Waals surface area contributed by atoms with E-state index in [0.29, 0.717) is 30.6 Å². The molecule has 4 rings (SSSR count). The van der Waals surface area contributed by atoms with Crippen LogP contribution in [0.5, 0.6) is 11.5 Å². The van der Waals surface area contributed by atoms with Gasteiger partial charge in [0, 0.05) is 38.9 Å². The molecule has 1 fully saturated rings. The molecular weight excluding hydrogens is 521 g/mol. The first-order valence-electron chi connectivity index (χ1n) is 9.78. The van der Waals surface area contributed by atoms with Crippen LogP contribution in [0.2, 0.25) is 5.02 Å². The molecule has 2 aromatic rings. The van der Waals surface area contributed by atoms with Gasteiger partial charge < -0.3 is 24.4 Å². The van der Waals surface area contributed by atoms with Gasteiger partial charge in [0.1, 0.15) is 19.3 Å². The highest BCUT2D eigenvalue weighted by Crippen LogP contribution is 2.38. The molecule has 8 nitrogen and oxygen atoms in total. The average molecular weight is 548 g/mol. The number of guanidine groups is 1. The van der Waals surface area contributed by atoms with Crippen molar-refractivity contribution in [2.75, 3.05) is 46.5 Å². The van der Waals surface area contributed by atoms with Crippen molar-refractivity contribution in [2.45, 2.75) is 12.5 Å². The van der Waals surface area contributed by atoms with E-state index in [0.717, 1.165) is 48.9 Å². The quantitative estimate of drug-likeness (QED) is 0.361. The first-order valence-corrected chi connectivity index (χ1v) is 10.2. The molecule has 1 aromatic carbocycles. The number of benzene rings is 1. The summed E-state index contributed by atoms with van der Waals surface area (Å²) in [6, 6.07) is 3.94. The number of ether oxygens (including phenoxy) is 3. The van der Waals surface area contributed by atoms with Crippen LogP contribution in [0.25, 0.3) is 0 Å². The number of halogens is 2. The third-order valence-electron chi connectivity index (χ3n) is 5.03. The van der Waals surface area contributed by atoms with Gasteiger partial charge in [-0.15, -0.1) is 24.0 Å². The molecule has 0 spiro atoms. The summed E-state index contributed by atoms with van der Waals surface area (Å²) >= 11 is 6.34. The van der Waals surface area contributed by atoms with Crippen molar-refractivity contribution in [3.8, 4) is 11.5 Å². The van der Waals surface area contributed by atoms with Crippen molar-refractivity contribution in [3.05, 3.63) is 40.7 Å². The van der Waals surface area contributed by atoms with E-state index < -0.39 is 0 Å². The van der Waals surface area contributed by atoms with Crippen LogP contribution in [0.3, 0.4) is 0 Å². The Balaban J connectivity index is 0.00000256.